The molecule has 0 amide bonds. The van der Waals surface area contributed by atoms with Crippen LogP contribution >= 0.6 is 0 Å². The van der Waals surface area contributed by atoms with Crippen molar-refractivity contribution in [1.29, 1.82) is 0 Å². The van der Waals surface area contributed by atoms with Crippen LogP contribution in [0.4, 0.5) is 8.78 Å². The van der Waals surface area contributed by atoms with Crippen LogP contribution < -0.4 is 0 Å². The molecule has 2 aromatic carbocycles. The average molecular weight is 1840 g/mol. The minimum Gasteiger partial charge on any atom is -0.466 e. The van der Waals surface area contributed by atoms with Gasteiger partial charge in [0.25, 0.3) is 0 Å². The number of nitrogens with one attached hydrogen (secondary N) is 1. The molecular formula is C90H93F2N15O24S. The Morgan fingerprint density at radius 2 is 0.765 bits per heavy atom. The lowest BCUT2D eigenvalue weighted by molar-refractivity contribution is -0.0903. The number of benzene rings is 2. The molecule has 21 rings (SSSR count). The summed E-state index contributed by atoms with van der Waals surface area (Å²) in [6.07, 6.45) is -7.30. The maximum atomic E-state index is 14.3. The first-order valence-corrected chi connectivity index (χ1v) is 42.2. The number of aromatic amines is 1. The highest BCUT2D eigenvalue weighted by Gasteiger charge is 2.53. The predicted molar refractivity (Wildman–Crippen MR) is 460 cm³/mol. The van der Waals surface area contributed by atoms with E-state index in [2.05, 4.69) is 49.8 Å². The van der Waals surface area contributed by atoms with Crippen LogP contribution in [0, 0.1) is 53.2 Å². The zero-order valence-corrected chi connectivity index (χ0v) is 71.7. The fraction of sp³-hybridized carbons (Fsp3) is 0.344. The highest BCUT2D eigenvalue weighted by molar-refractivity contribution is 7.51. The van der Waals surface area contributed by atoms with Crippen molar-refractivity contribution in [2.24, 2.45) is 0 Å². The zero-order chi connectivity index (χ0) is 93.5. The van der Waals surface area contributed by atoms with E-state index >= 15 is 0 Å². The van der Waals surface area contributed by atoms with E-state index in [-0.39, 0.29) is 28.2 Å². The number of pyridine rings is 3. The monoisotopic (exact) mass is 1840 g/mol. The smallest absolute Gasteiger partial charge is 0.335 e. The van der Waals surface area contributed by atoms with Crippen LogP contribution in [0.25, 0.3) is 66.1 Å². The summed E-state index contributed by atoms with van der Waals surface area (Å²) < 4.78 is 91.2. The third kappa shape index (κ3) is 17.8. The van der Waals surface area contributed by atoms with Crippen molar-refractivity contribution in [1.82, 2.24) is 72.7 Å². The van der Waals surface area contributed by atoms with Gasteiger partial charge in [0.15, 0.2) is 37.0 Å². The number of hydrogen-bond donors (Lipinski definition) is 16. The van der Waals surface area contributed by atoms with E-state index in [9.17, 15) is 85.4 Å². The van der Waals surface area contributed by atoms with E-state index < -0.39 is 176 Å². The molecule has 0 saturated carbocycles. The van der Waals surface area contributed by atoms with Gasteiger partial charge in [-0.15, -0.1) is 0 Å². The second-order valence-electron chi connectivity index (χ2n) is 32.3. The van der Waals surface area contributed by atoms with E-state index in [1.54, 1.807) is 105 Å². The van der Waals surface area contributed by atoms with Crippen LogP contribution in [0.15, 0.2) is 217 Å². The van der Waals surface area contributed by atoms with Gasteiger partial charge in [-0.2, -0.15) is 8.42 Å². The van der Waals surface area contributed by atoms with Gasteiger partial charge >= 0.3 is 11.6 Å². The van der Waals surface area contributed by atoms with Gasteiger partial charge in [0.1, 0.15) is 187 Å². The highest BCUT2D eigenvalue weighted by atomic mass is 32.1. The van der Waals surface area contributed by atoms with Crippen LogP contribution in [0.5, 0.6) is 0 Å². The number of nitrogens with zero attached hydrogens (tertiary/aromatic N) is 14. The molecule has 25 atom stereocenters. The Morgan fingerprint density at radius 1 is 0.371 bits per heavy atom. The molecule has 5 fully saturated rings. The van der Waals surface area contributed by atoms with Crippen molar-refractivity contribution in [3.63, 3.8) is 0 Å². The van der Waals surface area contributed by atoms with Gasteiger partial charge in [0.2, 0.25) is 0 Å². The Labute approximate surface area is 750 Å². The van der Waals surface area contributed by atoms with Crippen LogP contribution in [-0.4, -0.2) is 249 Å². The third-order valence-electron chi connectivity index (χ3n) is 24.3. The molecular weight excluding hydrogens is 1750 g/mol. The molecule has 0 bridgehead atoms. The number of fused-ring (bicyclic) bond motifs is 6. The van der Waals surface area contributed by atoms with Crippen LogP contribution in [-0.2, 0) is 35.3 Å². The van der Waals surface area contributed by atoms with Gasteiger partial charge in [-0.3, -0.25) is 4.98 Å². The highest BCUT2D eigenvalue weighted by Crippen LogP contribution is 2.45. The van der Waals surface area contributed by atoms with E-state index in [1.807, 2.05) is 107 Å². The molecule has 16 N–H and O–H groups in total. The summed E-state index contributed by atoms with van der Waals surface area (Å²) in [6, 6.07) is 34.9. The van der Waals surface area contributed by atoms with Crippen molar-refractivity contribution < 1.29 is 126 Å². The van der Waals surface area contributed by atoms with Crippen molar-refractivity contribution >= 4 is 77.6 Å². The molecule has 42 heteroatoms. The number of aliphatic hydroxyl groups is 15. The molecule has 19 heterocycles. The van der Waals surface area contributed by atoms with Crippen LogP contribution in [0.2, 0.25) is 0 Å². The molecule has 39 nitrogen and oxygen atoms in total. The molecule has 0 aliphatic carbocycles. The molecule has 0 radical (unpaired) electrons. The maximum absolute atomic E-state index is 14.3. The number of aromatic nitrogens is 15. The van der Waals surface area contributed by atoms with E-state index in [0.717, 1.165) is 79.0 Å². The van der Waals surface area contributed by atoms with Gasteiger partial charge in [0.05, 0.1) is 52.4 Å². The number of aliphatic hydroxyl groups excluding tert-OH is 15. The first-order valence-electron chi connectivity index (χ1n) is 41.6. The molecule has 0 unspecified atom stereocenters. The first kappa shape index (κ1) is 93.1. The fourth-order valence-electron chi connectivity index (χ4n) is 17.3. The van der Waals surface area contributed by atoms with Gasteiger partial charge in [0, 0.05) is 76.7 Å². The summed E-state index contributed by atoms with van der Waals surface area (Å²) in [5.41, 5.74) is 9.86. The standard InChI is InChI=1S/C20H20N4O4.C19H21N3O4.C17H16F2N4O4.2C17H18N2O5.O2S/c1-10-12-6-8-24(19(12)23-9-22-10)20-17(27)16(26)18(28-20)15(25)13-4-2-3-11-5-7-21-14(11)13;1-10-5-3-4-6-12(10)14(23)17-15(24)16(25)19(26-17)22-8-7-13-11(2)20-9-21-18(13)22;1-7-11-9(19)5-23(16(11)22-6-21-7)17-14(26)13(25)15(27-17)12(24)10-3-2-8(18)4-20-10;2*1-9-4-6-18-16-10(9)5-7-19(16)17-14(22)13(21)15(24-17)12(20)11-3-2-8-23-11;1-3-2/h2-9,15-18,20-21,25-27H,1H3;3-9,14-17,19,23-25H,1-2H3;2-6,12-15,17,24-26H,1H3;2*2-8,12-15,17,20-22H,1H3;/t15-,16+,17-,18-,20-;14-,15+,16-,17-,19-;2*12-,13+,14-,15-,17-;12-,13-,14+,15+,17+;/m11110./s1. The van der Waals surface area contributed by atoms with Crippen LogP contribution in [0.1, 0.15) is 124 Å². The number of halogens is 2. The summed E-state index contributed by atoms with van der Waals surface area (Å²) in [5, 5.41) is 162. The number of furan rings is 2. The van der Waals surface area contributed by atoms with Crippen molar-refractivity contribution in [2.75, 3.05) is 0 Å². The van der Waals surface area contributed by atoms with E-state index in [1.165, 1.54) is 42.1 Å². The molecule has 5 aliphatic rings. The molecule has 5 saturated heterocycles. The number of ether oxygens (including phenoxy) is 5. The molecule has 0 spiro atoms. The molecule has 132 heavy (non-hydrogen) atoms. The number of H-pyrrole nitrogens is 1. The van der Waals surface area contributed by atoms with E-state index in [0.29, 0.717) is 39.4 Å². The minimum absolute atomic E-state index is 0.0648. The number of aryl methyl sites for hydroxylation is 6. The molecule has 5 aliphatic heterocycles. The van der Waals surface area contributed by atoms with Gasteiger partial charge in [-0.25, -0.2) is 48.7 Å². The number of rotatable bonds is 15. The number of para-hydroxylation sites is 1. The van der Waals surface area contributed by atoms with E-state index in [4.69, 9.17) is 40.9 Å². The minimum atomic E-state index is -1.49. The van der Waals surface area contributed by atoms with Crippen molar-refractivity contribution in [2.45, 2.75) is 195 Å². The van der Waals surface area contributed by atoms with Crippen molar-refractivity contribution in [3.05, 3.63) is 282 Å². The summed E-state index contributed by atoms with van der Waals surface area (Å²) in [4.78, 5) is 40.4. The predicted octanol–water partition coefficient (Wildman–Crippen LogP) is 5.65. The summed E-state index contributed by atoms with van der Waals surface area (Å²) >= 11 is -0.750. The second kappa shape index (κ2) is 39.3. The first-order chi connectivity index (χ1) is 63.5. The summed E-state index contributed by atoms with van der Waals surface area (Å²) in [6.45, 7) is 11.2. The Balaban J connectivity index is 0.000000120. The normalized spacial score (nSPS) is 26.8. The lowest BCUT2D eigenvalue weighted by atomic mass is 9.96. The molecule has 14 aromatic heterocycles. The zero-order valence-electron chi connectivity index (χ0n) is 70.9. The van der Waals surface area contributed by atoms with Crippen molar-refractivity contribution in [3.8, 4) is 0 Å². The molecule has 16 aromatic rings. The fourth-order valence-corrected chi connectivity index (χ4v) is 17.3. The SMILES string of the molecule is Cc1ccccc1[C@@H](O)[C@H]1O[C@@H](n2ccc3c(C)ncnc32)[C@H](O)[C@@H]1O.Cc1ccnc2c1ccn2[C@@H]1O[C@H]([C@@H](O)c2ccco2)[C@@H](O)[C@H]1O.Cc1ccnc2c1ccn2[C@@H]1O[C@H]([C@H](O)c2ccco2)[C@@H](O)[C@H]1O.Cc1ncnc2c1c(F)cn2[C@@H]1O[C@H]([C@H](O)c2ccc(F)cn2)[C@@H](O)[C@H]1O.Cc1ncnc2c1ccn2[C@@H]1O[C@H]([C@H](O)c2cccc3cc[nH]c23)[C@@H](O)[C@H]1O.O=S=O. The number of hydrogen-bond acceptors (Lipinski definition) is 33. The third-order valence-corrected chi connectivity index (χ3v) is 24.3. The molecule has 692 valence electrons. The van der Waals surface area contributed by atoms with Gasteiger partial charge < -0.3 is 137 Å². The summed E-state index contributed by atoms with van der Waals surface area (Å²) in [7, 11) is 0. The largest absolute Gasteiger partial charge is 0.466 e. The topological polar surface area (TPSA) is 566 Å². The summed E-state index contributed by atoms with van der Waals surface area (Å²) in [5.74, 6) is -0.629. The lowest BCUT2D eigenvalue weighted by Crippen LogP contribution is -2.35. The Bertz CT molecular complexity index is 6560. The lowest BCUT2D eigenvalue weighted by Gasteiger charge is -2.22. The maximum Gasteiger partial charge on any atom is 0.335 e. The van der Waals surface area contributed by atoms with Crippen LogP contribution in [0.3, 0.4) is 0 Å². The quantitative estimate of drug-likeness (QED) is 0.0589. The van der Waals surface area contributed by atoms with Gasteiger partial charge in [-0.05, 0) is 148 Å². The van der Waals surface area contributed by atoms with Gasteiger partial charge in [-0.1, -0.05) is 42.5 Å². The second-order valence-corrected chi connectivity index (χ2v) is 32.4. The Morgan fingerprint density at radius 3 is 1.20 bits per heavy atom. The average Bonchev–Trinajstić information content (AvgIpc) is 1.63. The Hall–Kier alpha value is -12.2. The Kier molecular flexibility index (Phi) is 27.7.